The van der Waals surface area contributed by atoms with Crippen molar-refractivity contribution in [1.82, 2.24) is 0 Å². The molecule has 0 fully saturated rings. The Labute approximate surface area is 99.1 Å². The lowest BCUT2D eigenvalue weighted by molar-refractivity contribution is 0.0696. The standard InChI is InChI=1S/C10H11BrO3S/c1-7-6-8(10(12)13)2-3-9(7)15(14)5-4-11/h2-3,6H,4-5H2,1H3,(H,12,13). The molecular formula is C10H11BrO3S. The van der Waals surface area contributed by atoms with Crippen molar-refractivity contribution in [3.05, 3.63) is 29.3 Å². The van der Waals surface area contributed by atoms with Crippen LogP contribution in [0.15, 0.2) is 23.1 Å². The second-order valence-electron chi connectivity index (χ2n) is 3.02. The zero-order valence-corrected chi connectivity index (χ0v) is 10.6. The summed E-state index contributed by atoms with van der Waals surface area (Å²) in [4.78, 5) is 11.4. The van der Waals surface area contributed by atoms with Crippen LogP contribution in [0.5, 0.6) is 0 Å². The fraction of sp³-hybridized carbons (Fsp3) is 0.300. The highest BCUT2D eigenvalue weighted by atomic mass is 79.9. The molecule has 1 rings (SSSR count). The summed E-state index contributed by atoms with van der Waals surface area (Å²) in [5.41, 5.74) is 0.987. The molecule has 0 aliphatic carbocycles. The molecule has 1 aromatic rings. The van der Waals surface area contributed by atoms with Gasteiger partial charge in [-0.05, 0) is 30.7 Å². The first kappa shape index (κ1) is 12.4. The van der Waals surface area contributed by atoms with E-state index in [-0.39, 0.29) is 5.56 Å². The fourth-order valence-electron chi connectivity index (χ4n) is 1.22. The van der Waals surface area contributed by atoms with Crippen LogP contribution in [0.4, 0.5) is 0 Å². The van der Waals surface area contributed by atoms with Crippen molar-refractivity contribution in [2.45, 2.75) is 11.8 Å². The van der Waals surface area contributed by atoms with Crippen LogP contribution in [0.1, 0.15) is 15.9 Å². The molecule has 0 saturated carbocycles. The molecule has 0 heterocycles. The van der Waals surface area contributed by atoms with Gasteiger partial charge in [0.25, 0.3) is 0 Å². The maximum atomic E-state index is 11.7. The predicted molar refractivity (Wildman–Crippen MR) is 63.2 cm³/mol. The third-order valence-electron chi connectivity index (χ3n) is 1.93. The number of hydrogen-bond acceptors (Lipinski definition) is 2. The molecule has 0 aliphatic heterocycles. The van der Waals surface area contributed by atoms with Crippen molar-refractivity contribution in [2.24, 2.45) is 0 Å². The maximum absolute atomic E-state index is 11.7. The molecule has 0 aliphatic rings. The molecule has 0 saturated heterocycles. The average Bonchev–Trinajstić information content (AvgIpc) is 2.17. The van der Waals surface area contributed by atoms with Crippen LogP contribution in [-0.4, -0.2) is 26.4 Å². The Morgan fingerprint density at radius 1 is 1.53 bits per heavy atom. The van der Waals surface area contributed by atoms with E-state index in [9.17, 15) is 9.00 Å². The minimum absolute atomic E-state index is 0.229. The topological polar surface area (TPSA) is 54.4 Å². The van der Waals surface area contributed by atoms with E-state index in [1.54, 1.807) is 19.1 Å². The Balaban J connectivity index is 3.03. The number of benzene rings is 1. The van der Waals surface area contributed by atoms with Gasteiger partial charge in [0.2, 0.25) is 0 Å². The molecule has 1 aromatic carbocycles. The van der Waals surface area contributed by atoms with Crippen molar-refractivity contribution >= 4 is 32.7 Å². The van der Waals surface area contributed by atoms with Gasteiger partial charge in [-0.1, -0.05) is 15.9 Å². The Hall–Kier alpha value is -0.680. The van der Waals surface area contributed by atoms with Crippen molar-refractivity contribution < 1.29 is 14.1 Å². The van der Waals surface area contributed by atoms with Gasteiger partial charge in [0.05, 0.1) is 16.4 Å². The molecule has 1 atom stereocenters. The van der Waals surface area contributed by atoms with Gasteiger partial charge < -0.3 is 5.11 Å². The molecule has 3 nitrogen and oxygen atoms in total. The Bertz CT molecular complexity index is 404. The number of aromatic carboxylic acids is 1. The molecule has 0 radical (unpaired) electrons. The van der Waals surface area contributed by atoms with E-state index >= 15 is 0 Å². The van der Waals surface area contributed by atoms with Crippen molar-refractivity contribution in [2.75, 3.05) is 11.1 Å². The van der Waals surface area contributed by atoms with Crippen LogP contribution < -0.4 is 0 Å². The molecule has 5 heteroatoms. The second-order valence-corrected chi connectivity index (χ2v) is 5.36. The van der Waals surface area contributed by atoms with Crippen LogP contribution in [0.3, 0.4) is 0 Å². The molecule has 0 spiro atoms. The van der Waals surface area contributed by atoms with Crippen LogP contribution in [0.25, 0.3) is 0 Å². The van der Waals surface area contributed by atoms with E-state index in [0.29, 0.717) is 16.0 Å². The van der Waals surface area contributed by atoms with Gasteiger partial charge in [-0.15, -0.1) is 0 Å². The largest absolute Gasteiger partial charge is 0.478 e. The first-order valence-corrected chi connectivity index (χ1v) is 6.78. The molecule has 0 amide bonds. The van der Waals surface area contributed by atoms with E-state index < -0.39 is 16.8 Å². The van der Waals surface area contributed by atoms with E-state index in [4.69, 9.17) is 5.11 Å². The smallest absolute Gasteiger partial charge is 0.335 e. The third-order valence-corrected chi connectivity index (χ3v) is 4.37. The van der Waals surface area contributed by atoms with Crippen LogP contribution in [-0.2, 0) is 10.8 Å². The van der Waals surface area contributed by atoms with E-state index in [0.717, 1.165) is 5.56 Å². The molecule has 15 heavy (non-hydrogen) atoms. The number of aryl methyl sites for hydroxylation is 1. The molecule has 0 bridgehead atoms. The summed E-state index contributed by atoms with van der Waals surface area (Å²) in [6.45, 7) is 1.77. The number of alkyl halides is 1. The lowest BCUT2D eigenvalue weighted by Crippen LogP contribution is -2.03. The molecule has 1 N–H and O–H groups in total. The Kier molecular flexibility index (Phi) is 4.47. The number of carboxylic acids is 1. The summed E-state index contributed by atoms with van der Waals surface area (Å²) in [5, 5.41) is 9.43. The number of carbonyl (C=O) groups is 1. The monoisotopic (exact) mass is 290 g/mol. The lowest BCUT2D eigenvalue weighted by Gasteiger charge is -2.05. The van der Waals surface area contributed by atoms with Crippen LogP contribution >= 0.6 is 15.9 Å². The zero-order valence-electron chi connectivity index (χ0n) is 8.20. The third kappa shape index (κ3) is 3.14. The Morgan fingerprint density at radius 2 is 2.20 bits per heavy atom. The normalized spacial score (nSPS) is 12.4. The van der Waals surface area contributed by atoms with Crippen LogP contribution in [0.2, 0.25) is 0 Å². The summed E-state index contributed by atoms with van der Waals surface area (Å²) in [5.74, 6) is -0.427. The first-order valence-electron chi connectivity index (χ1n) is 4.34. The highest BCUT2D eigenvalue weighted by Gasteiger charge is 2.09. The van der Waals surface area contributed by atoms with Crippen molar-refractivity contribution in [1.29, 1.82) is 0 Å². The SMILES string of the molecule is Cc1cc(C(=O)O)ccc1S(=O)CCBr. The molecule has 82 valence electrons. The highest BCUT2D eigenvalue weighted by Crippen LogP contribution is 2.15. The predicted octanol–water partition coefficient (Wildman–Crippen LogP) is 2.20. The summed E-state index contributed by atoms with van der Waals surface area (Å²) in [7, 11) is -1.06. The maximum Gasteiger partial charge on any atom is 0.335 e. The summed E-state index contributed by atoms with van der Waals surface area (Å²) in [6, 6.07) is 4.65. The van der Waals surface area contributed by atoms with Crippen molar-refractivity contribution in [3.8, 4) is 0 Å². The molecule has 1 unspecified atom stereocenters. The summed E-state index contributed by atoms with van der Waals surface area (Å²) >= 11 is 3.22. The van der Waals surface area contributed by atoms with Gasteiger partial charge in [-0.25, -0.2) is 4.79 Å². The fourth-order valence-corrected chi connectivity index (χ4v) is 3.10. The van der Waals surface area contributed by atoms with Crippen molar-refractivity contribution in [3.63, 3.8) is 0 Å². The number of hydrogen-bond donors (Lipinski definition) is 1. The summed E-state index contributed by atoms with van der Waals surface area (Å²) < 4.78 is 11.7. The highest BCUT2D eigenvalue weighted by molar-refractivity contribution is 9.09. The van der Waals surface area contributed by atoms with E-state index in [2.05, 4.69) is 15.9 Å². The second kappa shape index (κ2) is 5.42. The van der Waals surface area contributed by atoms with Gasteiger partial charge in [-0.3, -0.25) is 4.21 Å². The molecule has 0 aromatic heterocycles. The summed E-state index contributed by atoms with van der Waals surface area (Å²) in [6.07, 6.45) is 0. The van der Waals surface area contributed by atoms with Crippen LogP contribution in [0, 0.1) is 6.92 Å². The minimum atomic E-state index is -1.06. The zero-order chi connectivity index (χ0) is 11.4. The quantitative estimate of drug-likeness (QED) is 0.865. The number of carboxylic acid groups (broad SMARTS) is 1. The van der Waals surface area contributed by atoms with E-state index in [1.165, 1.54) is 6.07 Å². The van der Waals surface area contributed by atoms with E-state index in [1.807, 2.05) is 0 Å². The number of rotatable bonds is 4. The van der Waals surface area contributed by atoms with Gasteiger partial charge in [0, 0.05) is 16.0 Å². The van der Waals surface area contributed by atoms with Gasteiger partial charge in [-0.2, -0.15) is 0 Å². The first-order chi connectivity index (χ1) is 7.06. The number of halogens is 1. The van der Waals surface area contributed by atoms with Gasteiger partial charge in [0.15, 0.2) is 0 Å². The van der Waals surface area contributed by atoms with Gasteiger partial charge >= 0.3 is 5.97 Å². The molecular weight excluding hydrogens is 280 g/mol. The average molecular weight is 291 g/mol. The minimum Gasteiger partial charge on any atom is -0.478 e. The Morgan fingerprint density at radius 3 is 2.67 bits per heavy atom. The van der Waals surface area contributed by atoms with Gasteiger partial charge in [0.1, 0.15) is 0 Å². The lowest BCUT2D eigenvalue weighted by atomic mass is 10.1.